The molecule has 0 radical (unpaired) electrons. The monoisotopic (exact) mass is 844 g/mol. The second-order valence-electron chi connectivity index (χ2n) is 20.7. The third-order valence-electron chi connectivity index (χ3n) is 18.2. The zero-order chi connectivity index (χ0) is 43.3. The van der Waals surface area contributed by atoms with E-state index in [9.17, 15) is 0 Å². The molecule has 0 aliphatic heterocycles. The summed E-state index contributed by atoms with van der Waals surface area (Å²) in [6, 6.07) is 71.6. The van der Waals surface area contributed by atoms with Crippen LogP contribution in [0.15, 0.2) is 194 Å². The summed E-state index contributed by atoms with van der Waals surface area (Å²) >= 11 is 0. The third-order valence-corrected chi connectivity index (χ3v) is 18.2. The van der Waals surface area contributed by atoms with Crippen LogP contribution >= 0.6 is 0 Å². The molecular formula is C62H44N4. The van der Waals surface area contributed by atoms with Gasteiger partial charge in [-0.3, -0.25) is 0 Å². The van der Waals surface area contributed by atoms with Gasteiger partial charge in [0.25, 0.3) is 0 Å². The van der Waals surface area contributed by atoms with E-state index < -0.39 is 0 Å². The van der Waals surface area contributed by atoms with Gasteiger partial charge in [-0.15, -0.1) is 0 Å². The van der Waals surface area contributed by atoms with Gasteiger partial charge in [0.05, 0.1) is 11.0 Å². The Hall–Kier alpha value is -7.43. The average molecular weight is 845 g/mol. The maximum absolute atomic E-state index is 5.12. The molecule has 0 atom stereocenters. The van der Waals surface area contributed by atoms with E-state index in [2.05, 4.69) is 176 Å². The van der Waals surface area contributed by atoms with Crippen LogP contribution in [-0.2, 0) is 16.2 Å². The molecule has 6 saturated carbocycles. The molecule has 17 rings (SSSR count). The van der Waals surface area contributed by atoms with Gasteiger partial charge >= 0.3 is 0 Å². The van der Waals surface area contributed by atoms with Crippen molar-refractivity contribution in [1.82, 2.24) is 19.5 Å². The molecule has 2 heterocycles. The molecule has 0 saturated heterocycles. The van der Waals surface area contributed by atoms with E-state index in [1.165, 1.54) is 55.2 Å². The van der Waals surface area contributed by atoms with Crippen molar-refractivity contribution in [2.45, 2.75) is 30.1 Å². The molecule has 312 valence electrons. The highest BCUT2D eigenvalue weighted by atomic mass is 15.1. The van der Waals surface area contributed by atoms with Crippen LogP contribution in [0.4, 0.5) is 0 Å². The predicted molar refractivity (Wildman–Crippen MR) is 264 cm³/mol. The van der Waals surface area contributed by atoms with Crippen LogP contribution in [-0.4, -0.2) is 19.5 Å². The van der Waals surface area contributed by atoms with Gasteiger partial charge in [-0.25, -0.2) is 15.0 Å². The fourth-order valence-electron chi connectivity index (χ4n) is 15.8. The van der Waals surface area contributed by atoms with Crippen LogP contribution in [0.2, 0.25) is 0 Å². The molecule has 8 aromatic carbocycles. The van der Waals surface area contributed by atoms with E-state index in [0.29, 0.717) is 28.3 Å². The summed E-state index contributed by atoms with van der Waals surface area (Å²) in [4.78, 5) is 15.2. The minimum absolute atomic E-state index is 0.132. The Balaban J connectivity index is 0.820. The van der Waals surface area contributed by atoms with Gasteiger partial charge in [-0.2, -0.15) is 0 Å². The lowest BCUT2D eigenvalue weighted by Crippen LogP contribution is -3.12. The molecular weight excluding hydrogens is 801 g/mol. The van der Waals surface area contributed by atoms with E-state index in [1.54, 1.807) is 11.1 Å². The lowest BCUT2D eigenvalue weighted by molar-refractivity contribution is -0.596. The molecule has 7 aliphatic rings. The van der Waals surface area contributed by atoms with Crippen LogP contribution < -0.4 is 0 Å². The van der Waals surface area contributed by atoms with Crippen molar-refractivity contribution >= 4 is 21.8 Å². The fraction of sp³-hybridized carbons (Fsp3) is 0.177. The highest BCUT2D eigenvalue weighted by Crippen LogP contribution is 3.09. The Morgan fingerprint density at radius 3 is 1.52 bits per heavy atom. The van der Waals surface area contributed by atoms with E-state index in [1.807, 2.05) is 36.4 Å². The standard InChI is InChI=1S/C62H44N4/c1-60(2)47-24-13-12-23-43(47)44-33-46-45-32-38(35-25-28-41(29-26-35)62-54-51-55(62)53-56(62)52(54)61(51,53)40-20-10-5-11-21-40)27-30-49(45)66(50(46)34-48(44)60)42-22-14-19-39(31-42)59-64-57(36-15-6-3-7-16-36)63-58(65-59)37-17-8-4-9-18-37/h3-34,51-56H,1-2H3. The molecule has 0 spiro atoms. The topological polar surface area (TPSA) is 43.6 Å². The molecule has 10 aromatic rings. The largest absolute Gasteiger partial charge is 0.309 e. The van der Waals surface area contributed by atoms with E-state index >= 15 is 0 Å². The van der Waals surface area contributed by atoms with Crippen molar-refractivity contribution in [2.24, 2.45) is 35.5 Å². The quantitative estimate of drug-likeness (QED) is 0.160. The van der Waals surface area contributed by atoms with Crippen molar-refractivity contribution in [2.75, 3.05) is 0 Å². The van der Waals surface area contributed by atoms with Gasteiger partial charge in [-0.05, 0) is 116 Å². The first-order valence-electron chi connectivity index (χ1n) is 23.8. The number of rotatable bonds is 7. The third kappa shape index (κ3) is 4.02. The highest BCUT2D eigenvalue weighted by molar-refractivity contribution is 6.12. The summed E-state index contributed by atoms with van der Waals surface area (Å²) < 4.78 is 2.46. The maximum atomic E-state index is 5.12. The van der Waals surface area contributed by atoms with E-state index in [0.717, 1.165) is 57.9 Å². The Morgan fingerprint density at radius 2 is 0.879 bits per heavy atom. The molecule has 0 bridgehead atoms. The van der Waals surface area contributed by atoms with Gasteiger partial charge in [0.15, 0.2) is 17.5 Å². The minimum atomic E-state index is -0.132. The lowest BCUT2D eigenvalue weighted by atomic mass is 8.91. The van der Waals surface area contributed by atoms with Crippen LogP contribution in [0.1, 0.15) is 36.1 Å². The Bertz CT molecular complexity index is 3610. The van der Waals surface area contributed by atoms with Crippen molar-refractivity contribution < 1.29 is 0 Å². The van der Waals surface area contributed by atoms with Crippen LogP contribution in [0, 0.1) is 35.5 Å². The minimum Gasteiger partial charge on any atom is -0.309 e. The zero-order valence-corrected chi connectivity index (χ0v) is 36.7. The number of nitrogens with zero attached hydrogens (tertiary/aromatic N) is 4. The highest BCUT2D eigenvalue weighted by Gasteiger charge is 3.09. The first-order valence-corrected chi connectivity index (χ1v) is 23.8. The maximum Gasteiger partial charge on any atom is 0.164 e. The SMILES string of the molecule is CC1(C)c2ccccc2-c2cc3c4cc(-c5ccc(C67C8C9C6C6C7C8C96c6ccccc6)cc5)ccc4n(-c4cccc(-c5nc(-c6ccccc6)nc(-c6ccccc6)n5)c4)c3cc21. The molecule has 4 heteroatoms. The second kappa shape index (κ2) is 12.1. The Labute approximate surface area is 383 Å². The summed E-state index contributed by atoms with van der Waals surface area (Å²) in [6.07, 6.45) is 0. The van der Waals surface area contributed by atoms with Crippen molar-refractivity contribution in [1.29, 1.82) is 0 Å². The van der Waals surface area contributed by atoms with Gasteiger partial charge in [0, 0.05) is 49.4 Å². The molecule has 0 amide bonds. The summed E-state index contributed by atoms with van der Waals surface area (Å²) in [7, 11) is 0. The van der Waals surface area contributed by atoms with Crippen molar-refractivity contribution in [3.63, 3.8) is 0 Å². The van der Waals surface area contributed by atoms with Crippen LogP contribution in [0.5, 0.6) is 0 Å². The molecule has 6 fully saturated rings. The Morgan fingerprint density at radius 1 is 0.364 bits per heavy atom. The number of hydrogen-bond acceptors (Lipinski definition) is 3. The summed E-state index contributed by atoms with van der Waals surface area (Å²) in [5, 5.41) is 2.52. The summed E-state index contributed by atoms with van der Waals surface area (Å²) in [6.45, 7) is 4.75. The molecule has 2 aromatic heterocycles. The van der Waals surface area contributed by atoms with Crippen molar-refractivity contribution in [3.8, 4) is 62.1 Å². The molecule has 0 unspecified atom stereocenters. The number of aromatic nitrogens is 4. The number of benzene rings is 8. The van der Waals surface area contributed by atoms with Crippen LogP contribution in [0.3, 0.4) is 0 Å². The molecule has 4 nitrogen and oxygen atoms in total. The van der Waals surface area contributed by atoms with Gasteiger partial charge in [0.1, 0.15) is 0 Å². The molecule has 0 N–H and O–H groups in total. The zero-order valence-electron chi connectivity index (χ0n) is 36.7. The van der Waals surface area contributed by atoms with Gasteiger partial charge in [-0.1, -0.05) is 172 Å². The van der Waals surface area contributed by atoms with Gasteiger partial charge < -0.3 is 4.57 Å². The average Bonchev–Trinajstić information content (AvgIpc) is 3.83. The predicted octanol–water partition coefficient (Wildman–Crippen LogP) is 13.9. The van der Waals surface area contributed by atoms with E-state index in [-0.39, 0.29) is 5.41 Å². The summed E-state index contributed by atoms with van der Waals surface area (Å²) in [5.41, 5.74) is 18.4. The normalized spacial score (nSPS) is 26.9. The number of fused-ring (bicyclic) bond motifs is 6. The first-order chi connectivity index (χ1) is 32.5. The summed E-state index contributed by atoms with van der Waals surface area (Å²) in [5.74, 6) is 7.46. The Kier molecular flexibility index (Phi) is 6.56. The number of hydrogen-bond donors (Lipinski definition) is 0. The van der Waals surface area contributed by atoms with Crippen LogP contribution in [0.25, 0.3) is 83.9 Å². The van der Waals surface area contributed by atoms with Gasteiger partial charge in [0.2, 0.25) is 0 Å². The van der Waals surface area contributed by atoms with E-state index in [4.69, 9.17) is 15.0 Å². The first kappa shape index (κ1) is 35.9. The molecule has 7 aliphatic carbocycles. The smallest absolute Gasteiger partial charge is 0.164 e. The fourth-order valence-corrected chi connectivity index (χ4v) is 15.8. The lowest BCUT2D eigenvalue weighted by Gasteiger charge is -3.12. The second-order valence-corrected chi connectivity index (χ2v) is 20.7. The molecule has 66 heavy (non-hydrogen) atoms. The van der Waals surface area contributed by atoms with Crippen molar-refractivity contribution in [3.05, 3.63) is 216 Å².